The second-order valence-electron chi connectivity index (χ2n) is 4.74. The van der Waals surface area contributed by atoms with Crippen LogP contribution in [0.4, 0.5) is 0 Å². The molecule has 1 spiro atoms. The molecule has 13 heavy (non-hydrogen) atoms. The van der Waals surface area contributed by atoms with Crippen LogP contribution in [0, 0.1) is 5.92 Å². The molecule has 3 nitrogen and oxygen atoms in total. The van der Waals surface area contributed by atoms with E-state index in [-0.39, 0.29) is 6.10 Å². The van der Waals surface area contributed by atoms with Crippen LogP contribution in [0.2, 0.25) is 0 Å². The minimum atomic E-state index is -0.105. The molecule has 0 aromatic carbocycles. The van der Waals surface area contributed by atoms with E-state index in [0.717, 1.165) is 19.0 Å². The van der Waals surface area contributed by atoms with Crippen LogP contribution in [-0.4, -0.2) is 52.9 Å². The second kappa shape index (κ2) is 2.47. The topological polar surface area (TPSA) is 26.7 Å². The van der Waals surface area contributed by atoms with Crippen LogP contribution in [0.1, 0.15) is 19.8 Å². The lowest BCUT2D eigenvalue weighted by atomic mass is 9.69. The Kier molecular flexibility index (Phi) is 1.56. The summed E-state index contributed by atoms with van der Waals surface area (Å²) in [5.41, 5.74) is 0.411. The molecule has 0 radical (unpaired) electrons. The first-order valence-electron chi connectivity index (χ1n) is 5.45. The molecule has 0 saturated carbocycles. The van der Waals surface area contributed by atoms with Gasteiger partial charge >= 0.3 is 0 Å². The quantitative estimate of drug-likeness (QED) is 0.623. The van der Waals surface area contributed by atoms with E-state index in [4.69, 9.17) is 0 Å². The van der Waals surface area contributed by atoms with Gasteiger partial charge in [0, 0.05) is 32.1 Å². The van der Waals surface area contributed by atoms with Gasteiger partial charge in [-0.25, -0.2) is 0 Å². The monoisotopic (exact) mass is 182 g/mol. The summed E-state index contributed by atoms with van der Waals surface area (Å²) in [7, 11) is 0. The van der Waals surface area contributed by atoms with E-state index in [1.54, 1.807) is 0 Å². The highest BCUT2D eigenvalue weighted by atomic mass is 16.3. The number of aliphatic hydroxyl groups excluding tert-OH is 1. The molecule has 3 aliphatic heterocycles. The summed E-state index contributed by atoms with van der Waals surface area (Å²) < 4.78 is 0. The van der Waals surface area contributed by atoms with Gasteiger partial charge in [-0.1, -0.05) is 6.92 Å². The van der Waals surface area contributed by atoms with Crippen molar-refractivity contribution in [2.24, 2.45) is 5.92 Å². The Morgan fingerprint density at radius 1 is 1.31 bits per heavy atom. The molecule has 3 rings (SSSR count). The second-order valence-corrected chi connectivity index (χ2v) is 4.74. The molecule has 3 heteroatoms. The molecule has 0 aliphatic carbocycles. The van der Waals surface area contributed by atoms with Crippen LogP contribution < -0.4 is 0 Å². The molecule has 3 saturated heterocycles. The summed E-state index contributed by atoms with van der Waals surface area (Å²) in [6.45, 7) is 6.52. The molecule has 3 aliphatic rings. The molecule has 0 amide bonds. The van der Waals surface area contributed by atoms with E-state index < -0.39 is 0 Å². The highest BCUT2D eigenvalue weighted by Gasteiger charge is 2.62. The van der Waals surface area contributed by atoms with Crippen molar-refractivity contribution < 1.29 is 5.11 Å². The first-order valence-corrected chi connectivity index (χ1v) is 5.45. The highest BCUT2D eigenvalue weighted by Crippen LogP contribution is 2.51. The van der Waals surface area contributed by atoms with Gasteiger partial charge < -0.3 is 5.11 Å². The molecule has 74 valence electrons. The van der Waals surface area contributed by atoms with Gasteiger partial charge in [-0.05, 0) is 12.8 Å². The van der Waals surface area contributed by atoms with Gasteiger partial charge in [0.15, 0.2) is 0 Å². The fraction of sp³-hybridized carbons (Fsp3) is 1.00. The molecule has 0 bridgehead atoms. The van der Waals surface area contributed by atoms with Crippen LogP contribution in [0.5, 0.6) is 0 Å². The summed E-state index contributed by atoms with van der Waals surface area (Å²) >= 11 is 0. The number of aliphatic hydroxyl groups is 1. The Labute approximate surface area is 79.3 Å². The lowest BCUT2D eigenvalue weighted by molar-refractivity contribution is -0.280. The van der Waals surface area contributed by atoms with Crippen LogP contribution in [0.3, 0.4) is 0 Å². The van der Waals surface area contributed by atoms with Crippen LogP contribution in [-0.2, 0) is 0 Å². The number of nitrogens with zero attached hydrogens (tertiary/aromatic N) is 2. The van der Waals surface area contributed by atoms with Crippen molar-refractivity contribution in [3.05, 3.63) is 0 Å². The van der Waals surface area contributed by atoms with Crippen LogP contribution >= 0.6 is 0 Å². The summed E-state index contributed by atoms with van der Waals surface area (Å²) in [6.07, 6.45) is 2.52. The fourth-order valence-corrected chi connectivity index (χ4v) is 3.54. The maximum atomic E-state index is 9.63. The minimum Gasteiger partial charge on any atom is -0.390 e. The maximum Gasteiger partial charge on any atom is 0.0795 e. The molecule has 0 aromatic heterocycles. The number of hydrogen-bond acceptors (Lipinski definition) is 3. The van der Waals surface area contributed by atoms with Gasteiger partial charge in [-0.2, -0.15) is 0 Å². The largest absolute Gasteiger partial charge is 0.390 e. The summed E-state index contributed by atoms with van der Waals surface area (Å²) in [4.78, 5) is 4.97. The van der Waals surface area contributed by atoms with Gasteiger partial charge in [0.1, 0.15) is 0 Å². The van der Waals surface area contributed by atoms with Gasteiger partial charge in [0.05, 0.1) is 11.8 Å². The van der Waals surface area contributed by atoms with E-state index in [2.05, 4.69) is 16.7 Å². The predicted octanol–water partition coefficient (Wildman–Crippen LogP) is 0.105. The zero-order valence-electron chi connectivity index (χ0n) is 8.24. The van der Waals surface area contributed by atoms with Gasteiger partial charge in [-0.3, -0.25) is 9.80 Å². The van der Waals surface area contributed by atoms with Crippen molar-refractivity contribution >= 4 is 0 Å². The summed E-state index contributed by atoms with van der Waals surface area (Å²) in [5.74, 6) is 0.869. The number of rotatable bonds is 1. The molecular formula is C10H18N2O. The molecule has 3 fully saturated rings. The smallest absolute Gasteiger partial charge is 0.0795 e. The average Bonchev–Trinajstić information content (AvgIpc) is 2.03. The first kappa shape index (κ1) is 8.21. The van der Waals surface area contributed by atoms with E-state index in [0.29, 0.717) is 5.66 Å². The van der Waals surface area contributed by atoms with Gasteiger partial charge in [0.25, 0.3) is 0 Å². The molecule has 1 N–H and O–H groups in total. The zero-order valence-corrected chi connectivity index (χ0v) is 8.24. The first-order chi connectivity index (χ1) is 6.27. The molecular weight excluding hydrogens is 164 g/mol. The fourth-order valence-electron chi connectivity index (χ4n) is 3.54. The predicted molar refractivity (Wildman–Crippen MR) is 50.3 cm³/mol. The van der Waals surface area contributed by atoms with Gasteiger partial charge in [0.2, 0.25) is 0 Å². The van der Waals surface area contributed by atoms with E-state index in [9.17, 15) is 5.11 Å². The van der Waals surface area contributed by atoms with Crippen molar-refractivity contribution in [1.29, 1.82) is 0 Å². The standard InChI is InChI=1S/C10H18N2O/c1-2-8-5-12-7-9(13)6-11-4-3-10(8,11)12/h8-9,13H,2-7H2,1H3. The third-order valence-electron chi connectivity index (χ3n) is 4.29. The summed E-state index contributed by atoms with van der Waals surface area (Å²) in [6, 6.07) is 0. The van der Waals surface area contributed by atoms with Crippen molar-refractivity contribution in [3.63, 3.8) is 0 Å². The molecule has 3 atom stereocenters. The average molecular weight is 182 g/mol. The van der Waals surface area contributed by atoms with Gasteiger partial charge in [-0.15, -0.1) is 0 Å². The van der Waals surface area contributed by atoms with Crippen molar-refractivity contribution in [2.45, 2.75) is 31.5 Å². The third-order valence-corrected chi connectivity index (χ3v) is 4.29. The van der Waals surface area contributed by atoms with Crippen LogP contribution in [0.25, 0.3) is 0 Å². The SMILES string of the molecule is CCC1CN2CC(O)CN3CCC132. The number of hydrogen-bond donors (Lipinski definition) is 1. The molecule has 3 unspecified atom stereocenters. The lowest BCUT2D eigenvalue weighted by Gasteiger charge is -2.72. The zero-order chi connectivity index (χ0) is 9.05. The highest BCUT2D eigenvalue weighted by molar-refractivity contribution is 5.14. The Bertz CT molecular complexity index is 223. The van der Waals surface area contributed by atoms with E-state index >= 15 is 0 Å². The van der Waals surface area contributed by atoms with Crippen molar-refractivity contribution in [3.8, 4) is 0 Å². The van der Waals surface area contributed by atoms with Crippen LogP contribution in [0.15, 0.2) is 0 Å². The van der Waals surface area contributed by atoms with E-state index in [1.165, 1.54) is 25.9 Å². The lowest BCUT2D eigenvalue weighted by Crippen LogP contribution is -2.85. The molecule has 0 aromatic rings. The normalized spacial score (nSPS) is 50.3. The summed E-state index contributed by atoms with van der Waals surface area (Å²) in [5, 5.41) is 9.63. The Morgan fingerprint density at radius 2 is 2.08 bits per heavy atom. The third kappa shape index (κ3) is 0.808. The minimum absolute atomic E-state index is 0.105. The van der Waals surface area contributed by atoms with Crippen molar-refractivity contribution in [1.82, 2.24) is 9.80 Å². The Balaban J connectivity index is 1.82. The van der Waals surface area contributed by atoms with E-state index in [1.807, 2.05) is 0 Å². The Hall–Kier alpha value is -0.120. The molecule has 3 heterocycles. The maximum absolute atomic E-state index is 9.63. The Morgan fingerprint density at radius 3 is 2.62 bits per heavy atom. The van der Waals surface area contributed by atoms with Crippen molar-refractivity contribution in [2.75, 3.05) is 26.2 Å².